The van der Waals surface area contributed by atoms with Crippen molar-refractivity contribution in [3.05, 3.63) is 39.4 Å². The van der Waals surface area contributed by atoms with Gasteiger partial charge in [-0.25, -0.2) is 4.79 Å². The highest BCUT2D eigenvalue weighted by Crippen LogP contribution is 3.02. The van der Waals surface area contributed by atoms with Crippen LogP contribution in [-0.2, 0) is 14.3 Å². The van der Waals surface area contributed by atoms with Crippen LogP contribution < -0.4 is 4.74 Å². The standard InChI is InChI=1S/C17H17F8NO7S/c1-9-6-13(34(21,22,23,24)25)7-12-4-5-16(17(18,19)20,33-14(9)12)11(3)32-15(27)31-10(2)8-30-26(28)29/h4-7,10-11H,8H2,1-3H3/t10?,11?,16-/m0/s1. The molecule has 0 radical (unpaired) electrons. The molecular formula is C17H17F8NO7S. The topological polar surface area (TPSA) is 97.1 Å². The van der Waals surface area contributed by atoms with E-state index in [1.54, 1.807) is 0 Å². The maximum atomic E-state index is 14.0. The Labute approximate surface area is 186 Å². The molecule has 17 heteroatoms. The Morgan fingerprint density at radius 3 is 2.26 bits per heavy atom. The van der Waals surface area contributed by atoms with E-state index in [-0.39, 0.29) is 18.2 Å². The number of hydrogen-bond acceptors (Lipinski definition) is 7. The zero-order chi connectivity index (χ0) is 26.4. The maximum absolute atomic E-state index is 14.0. The number of hydrogen-bond donors (Lipinski definition) is 0. The van der Waals surface area contributed by atoms with Crippen LogP contribution in [0.2, 0.25) is 0 Å². The lowest BCUT2D eigenvalue weighted by atomic mass is 9.91. The molecule has 8 nitrogen and oxygen atoms in total. The highest BCUT2D eigenvalue weighted by atomic mass is 32.5. The Balaban J connectivity index is 2.37. The zero-order valence-electron chi connectivity index (χ0n) is 17.4. The fourth-order valence-electron chi connectivity index (χ4n) is 2.89. The van der Waals surface area contributed by atoms with E-state index in [1.807, 2.05) is 0 Å². The molecule has 0 amide bonds. The first-order chi connectivity index (χ1) is 15.1. The van der Waals surface area contributed by atoms with Crippen LogP contribution in [-0.4, -0.2) is 41.8 Å². The van der Waals surface area contributed by atoms with Crippen molar-refractivity contribution >= 4 is 22.5 Å². The summed E-state index contributed by atoms with van der Waals surface area (Å²) in [6, 6.07) is -0.0884. The van der Waals surface area contributed by atoms with Gasteiger partial charge in [0.25, 0.3) is 10.7 Å². The number of carbonyl (C=O) groups is 1. The Morgan fingerprint density at radius 2 is 1.76 bits per heavy atom. The third-order valence-electron chi connectivity index (χ3n) is 4.54. The molecule has 1 aliphatic heterocycles. The second kappa shape index (κ2) is 7.78. The smallest absolute Gasteiger partial charge is 0.469 e. The van der Waals surface area contributed by atoms with Gasteiger partial charge in [0.05, 0.1) is 0 Å². The van der Waals surface area contributed by atoms with Crippen molar-refractivity contribution in [2.45, 2.75) is 49.7 Å². The number of aryl methyl sites for hydroxylation is 1. The van der Waals surface area contributed by atoms with E-state index < -0.39 is 73.8 Å². The van der Waals surface area contributed by atoms with E-state index in [0.717, 1.165) is 20.8 Å². The molecule has 1 aliphatic rings. The molecule has 0 spiro atoms. The van der Waals surface area contributed by atoms with Crippen molar-refractivity contribution in [2.24, 2.45) is 0 Å². The third kappa shape index (κ3) is 5.92. The summed E-state index contributed by atoms with van der Waals surface area (Å²) in [5.41, 5.74) is -4.82. The second-order valence-corrected chi connectivity index (χ2v) is 9.72. The van der Waals surface area contributed by atoms with Crippen molar-refractivity contribution in [1.29, 1.82) is 0 Å². The molecule has 2 unspecified atom stereocenters. The van der Waals surface area contributed by atoms with Crippen molar-refractivity contribution in [2.75, 3.05) is 6.61 Å². The van der Waals surface area contributed by atoms with E-state index in [4.69, 9.17) is 4.74 Å². The first-order valence-electron chi connectivity index (χ1n) is 9.04. The number of fused-ring (bicyclic) bond motifs is 1. The number of rotatable bonds is 7. The average molecular weight is 531 g/mol. The van der Waals surface area contributed by atoms with Crippen LogP contribution >= 0.6 is 10.2 Å². The summed E-state index contributed by atoms with van der Waals surface area (Å²) >= 11 is 0. The molecule has 0 fully saturated rings. The van der Waals surface area contributed by atoms with Gasteiger partial charge < -0.3 is 19.0 Å². The van der Waals surface area contributed by atoms with Gasteiger partial charge in [-0.1, -0.05) is 25.5 Å². The quantitative estimate of drug-likeness (QED) is 0.172. The van der Waals surface area contributed by atoms with Gasteiger partial charge in [0.15, 0.2) is 6.10 Å². The van der Waals surface area contributed by atoms with Crippen LogP contribution in [0, 0.1) is 17.0 Å². The number of alkyl halides is 3. The van der Waals surface area contributed by atoms with Crippen LogP contribution in [0.1, 0.15) is 25.0 Å². The molecule has 0 saturated carbocycles. The highest BCUT2D eigenvalue weighted by molar-refractivity contribution is 8.45. The molecule has 1 aromatic rings. The summed E-state index contributed by atoms with van der Waals surface area (Å²) in [6.07, 6.45) is -9.80. The molecule has 0 bridgehead atoms. The monoisotopic (exact) mass is 531 g/mol. The molecule has 0 saturated heterocycles. The predicted octanol–water partition coefficient (Wildman–Crippen LogP) is 6.50. The Kier molecular flexibility index (Phi) is 6.24. The van der Waals surface area contributed by atoms with Crippen molar-refractivity contribution in [3.8, 4) is 5.75 Å². The molecule has 3 atom stereocenters. The first kappa shape index (κ1) is 27.3. The minimum atomic E-state index is -10.1. The van der Waals surface area contributed by atoms with E-state index in [2.05, 4.69) is 14.3 Å². The predicted molar refractivity (Wildman–Crippen MR) is 100 cm³/mol. The van der Waals surface area contributed by atoms with Crippen LogP contribution in [0.25, 0.3) is 6.08 Å². The lowest BCUT2D eigenvalue weighted by Crippen LogP contribution is -2.58. The molecule has 0 N–H and O–H groups in total. The summed E-state index contributed by atoms with van der Waals surface area (Å²) in [7, 11) is -10.1. The largest absolute Gasteiger partial charge is 0.509 e. The maximum Gasteiger partial charge on any atom is 0.509 e. The first-order valence-corrected chi connectivity index (χ1v) is 11.0. The molecule has 1 heterocycles. The summed E-state index contributed by atoms with van der Waals surface area (Å²) in [6.45, 7) is 1.93. The van der Waals surface area contributed by atoms with Crippen molar-refractivity contribution in [1.82, 2.24) is 0 Å². The average Bonchev–Trinajstić information content (AvgIpc) is 2.63. The minimum Gasteiger partial charge on any atom is -0.469 e. The summed E-state index contributed by atoms with van der Waals surface area (Å²) in [4.78, 5) is 23.6. The van der Waals surface area contributed by atoms with Gasteiger partial charge in [-0.15, -0.1) is 10.1 Å². The van der Waals surface area contributed by atoms with Gasteiger partial charge in [0, 0.05) is 5.56 Å². The molecule has 1 aromatic carbocycles. The van der Waals surface area contributed by atoms with E-state index in [1.165, 1.54) is 0 Å². The van der Waals surface area contributed by atoms with Gasteiger partial charge in [0.2, 0.25) is 0 Å². The van der Waals surface area contributed by atoms with Gasteiger partial charge in [-0.2, -0.15) is 13.2 Å². The lowest BCUT2D eigenvalue weighted by Gasteiger charge is -2.43. The molecule has 2 rings (SSSR count). The summed E-state index contributed by atoms with van der Waals surface area (Å²) in [5.74, 6) is -0.790. The van der Waals surface area contributed by atoms with E-state index in [9.17, 15) is 47.5 Å². The molecular weight excluding hydrogens is 514 g/mol. The fourth-order valence-corrected chi connectivity index (χ4v) is 3.64. The van der Waals surface area contributed by atoms with Gasteiger partial charge in [-0.05, 0) is 44.5 Å². The number of nitrogens with zero attached hydrogens (tertiary/aromatic N) is 1. The van der Waals surface area contributed by atoms with Crippen LogP contribution in [0.3, 0.4) is 0 Å². The summed E-state index contributed by atoms with van der Waals surface area (Å²) in [5, 5.41) is 8.93. The number of ether oxygens (including phenoxy) is 3. The second-order valence-electron chi connectivity index (χ2n) is 7.31. The van der Waals surface area contributed by atoms with Gasteiger partial charge in [-0.3, -0.25) is 0 Å². The number of halogens is 8. The minimum absolute atomic E-state index is 0.0442. The Bertz CT molecular complexity index is 1030. The van der Waals surface area contributed by atoms with E-state index in [0.29, 0.717) is 6.08 Å². The molecule has 194 valence electrons. The number of benzene rings is 1. The third-order valence-corrected chi connectivity index (χ3v) is 5.66. The SMILES string of the molecule is Cc1cc(S(F)(F)(F)(F)F)cc2c1O[C@@](C(C)OC(=O)OC(C)CO[N+](=O)[O-])(C(F)(F)F)C=C2. The van der Waals surface area contributed by atoms with Crippen LogP contribution in [0.4, 0.5) is 37.4 Å². The van der Waals surface area contributed by atoms with Gasteiger partial charge in [0.1, 0.15) is 23.4 Å². The summed E-state index contributed by atoms with van der Waals surface area (Å²) < 4.78 is 122. The molecule has 0 aromatic heterocycles. The van der Waals surface area contributed by atoms with Crippen molar-refractivity contribution in [3.63, 3.8) is 0 Å². The highest BCUT2D eigenvalue weighted by Gasteiger charge is 2.66. The van der Waals surface area contributed by atoms with Crippen LogP contribution in [0.5, 0.6) is 5.75 Å². The number of carbonyl (C=O) groups excluding carboxylic acids is 1. The van der Waals surface area contributed by atoms with E-state index >= 15 is 0 Å². The van der Waals surface area contributed by atoms with Gasteiger partial charge >= 0.3 is 22.6 Å². The van der Waals surface area contributed by atoms with Crippen molar-refractivity contribution < 1.29 is 61.5 Å². The Hall–Kier alpha value is -2.98. The normalized spacial score (nSPS) is 21.7. The molecule has 34 heavy (non-hydrogen) atoms. The fraction of sp³-hybridized carbons (Fsp3) is 0.471. The van der Waals surface area contributed by atoms with Crippen LogP contribution in [0.15, 0.2) is 23.1 Å². The lowest BCUT2D eigenvalue weighted by molar-refractivity contribution is -0.759. The zero-order valence-corrected chi connectivity index (χ0v) is 18.2. The Morgan fingerprint density at radius 1 is 1.18 bits per heavy atom. The molecule has 0 aliphatic carbocycles.